The van der Waals surface area contributed by atoms with Gasteiger partial charge in [-0.05, 0) is 68.0 Å². The molecule has 4 heteroatoms. The highest BCUT2D eigenvalue weighted by molar-refractivity contribution is 5.23. The first-order valence-electron chi connectivity index (χ1n) is 10.6. The van der Waals surface area contributed by atoms with Crippen LogP contribution in [0.15, 0.2) is 54.6 Å². The summed E-state index contributed by atoms with van der Waals surface area (Å²) < 4.78 is 13.2. The van der Waals surface area contributed by atoms with Gasteiger partial charge in [0.2, 0.25) is 0 Å². The molecule has 0 aliphatic carbocycles. The van der Waals surface area contributed by atoms with E-state index in [0.717, 1.165) is 50.5 Å². The van der Waals surface area contributed by atoms with Gasteiger partial charge in [0.15, 0.2) is 0 Å². The van der Waals surface area contributed by atoms with Crippen LogP contribution in [0.25, 0.3) is 0 Å². The van der Waals surface area contributed by atoms with E-state index in [2.05, 4.69) is 40.1 Å². The standard InChI is InChI=1S/C24H31FN2O/c25-23-8-6-22(7-9-23)24(28)12-16-27(17-13-24)19-21-10-14-26(15-11-21)18-20-4-2-1-3-5-20/h1-9,21,28H,10-19H2. The SMILES string of the molecule is OC1(c2ccc(F)cc2)CCN(CC2CCN(Cc3ccccc3)CC2)CC1. The molecule has 2 saturated heterocycles. The molecule has 0 atom stereocenters. The van der Waals surface area contributed by atoms with E-state index in [9.17, 15) is 9.50 Å². The smallest absolute Gasteiger partial charge is 0.123 e. The molecule has 1 N–H and O–H groups in total. The fourth-order valence-electron chi connectivity index (χ4n) is 4.69. The number of nitrogens with zero attached hydrogens (tertiary/aromatic N) is 2. The molecule has 2 heterocycles. The molecule has 2 aromatic rings. The van der Waals surface area contributed by atoms with Crippen molar-refractivity contribution < 1.29 is 9.50 Å². The minimum atomic E-state index is -0.802. The van der Waals surface area contributed by atoms with Crippen LogP contribution in [0.3, 0.4) is 0 Å². The zero-order valence-corrected chi connectivity index (χ0v) is 16.6. The number of aliphatic hydroxyl groups is 1. The van der Waals surface area contributed by atoms with Crippen molar-refractivity contribution in [2.45, 2.75) is 37.8 Å². The molecule has 0 saturated carbocycles. The van der Waals surface area contributed by atoms with Crippen molar-refractivity contribution in [1.82, 2.24) is 9.80 Å². The Hall–Kier alpha value is -1.75. The summed E-state index contributed by atoms with van der Waals surface area (Å²) in [5.41, 5.74) is 1.45. The zero-order valence-electron chi connectivity index (χ0n) is 16.6. The largest absolute Gasteiger partial charge is 0.385 e. The van der Waals surface area contributed by atoms with Gasteiger partial charge < -0.3 is 10.0 Å². The molecule has 2 aliphatic rings. The number of piperidine rings is 2. The highest BCUT2D eigenvalue weighted by atomic mass is 19.1. The van der Waals surface area contributed by atoms with Crippen molar-refractivity contribution in [3.63, 3.8) is 0 Å². The van der Waals surface area contributed by atoms with Crippen LogP contribution in [0.5, 0.6) is 0 Å². The molecular formula is C24H31FN2O. The van der Waals surface area contributed by atoms with Crippen LogP contribution in [0, 0.1) is 11.7 Å². The summed E-state index contributed by atoms with van der Waals surface area (Å²) >= 11 is 0. The minimum Gasteiger partial charge on any atom is -0.385 e. The fraction of sp³-hybridized carbons (Fsp3) is 0.500. The summed E-state index contributed by atoms with van der Waals surface area (Å²) in [6.45, 7) is 6.37. The third-order valence-corrected chi connectivity index (χ3v) is 6.54. The molecule has 150 valence electrons. The molecule has 3 nitrogen and oxygen atoms in total. The second-order valence-electron chi connectivity index (χ2n) is 8.54. The lowest BCUT2D eigenvalue weighted by atomic mass is 9.84. The number of likely N-dealkylation sites (tertiary alicyclic amines) is 2. The van der Waals surface area contributed by atoms with Crippen molar-refractivity contribution in [2.75, 3.05) is 32.7 Å². The second-order valence-corrected chi connectivity index (χ2v) is 8.54. The van der Waals surface area contributed by atoms with E-state index < -0.39 is 5.60 Å². The maximum absolute atomic E-state index is 13.2. The van der Waals surface area contributed by atoms with Gasteiger partial charge in [-0.3, -0.25) is 4.90 Å². The van der Waals surface area contributed by atoms with Crippen LogP contribution >= 0.6 is 0 Å². The Morgan fingerprint density at radius 1 is 0.857 bits per heavy atom. The van der Waals surface area contributed by atoms with Gasteiger partial charge in [-0.25, -0.2) is 4.39 Å². The van der Waals surface area contributed by atoms with Crippen LogP contribution in [0.1, 0.15) is 36.8 Å². The first-order chi connectivity index (χ1) is 13.6. The van der Waals surface area contributed by atoms with Gasteiger partial charge in [0.1, 0.15) is 5.82 Å². The number of rotatable bonds is 5. The summed E-state index contributed by atoms with van der Waals surface area (Å²) in [6, 6.07) is 17.1. The summed E-state index contributed by atoms with van der Waals surface area (Å²) in [5.74, 6) is 0.507. The van der Waals surface area contributed by atoms with Crippen molar-refractivity contribution in [2.24, 2.45) is 5.92 Å². The van der Waals surface area contributed by atoms with Gasteiger partial charge in [0.05, 0.1) is 5.60 Å². The van der Waals surface area contributed by atoms with Crippen LogP contribution in [0.2, 0.25) is 0 Å². The van der Waals surface area contributed by atoms with Crippen molar-refractivity contribution in [3.8, 4) is 0 Å². The van der Waals surface area contributed by atoms with Crippen LogP contribution < -0.4 is 0 Å². The topological polar surface area (TPSA) is 26.7 Å². The van der Waals surface area contributed by atoms with E-state index in [1.807, 2.05) is 0 Å². The van der Waals surface area contributed by atoms with Crippen LogP contribution in [-0.4, -0.2) is 47.6 Å². The monoisotopic (exact) mass is 382 g/mol. The van der Waals surface area contributed by atoms with E-state index >= 15 is 0 Å². The molecule has 2 aromatic carbocycles. The average molecular weight is 383 g/mol. The first-order valence-corrected chi connectivity index (χ1v) is 10.6. The Kier molecular flexibility index (Phi) is 6.10. The predicted molar refractivity (Wildman–Crippen MR) is 110 cm³/mol. The van der Waals surface area contributed by atoms with Gasteiger partial charge in [-0.2, -0.15) is 0 Å². The lowest BCUT2D eigenvalue weighted by molar-refractivity contribution is -0.0307. The molecule has 0 spiro atoms. The number of hydrogen-bond acceptors (Lipinski definition) is 3. The maximum atomic E-state index is 13.2. The Balaban J connectivity index is 1.22. The molecule has 28 heavy (non-hydrogen) atoms. The minimum absolute atomic E-state index is 0.247. The molecule has 0 aromatic heterocycles. The molecule has 2 aliphatic heterocycles. The van der Waals surface area contributed by atoms with Crippen LogP contribution in [0.4, 0.5) is 4.39 Å². The lowest BCUT2D eigenvalue weighted by Gasteiger charge is -2.41. The summed E-state index contributed by atoms with van der Waals surface area (Å²) in [4.78, 5) is 5.07. The Labute approximate surface area is 167 Å². The van der Waals surface area contributed by atoms with Crippen molar-refractivity contribution in [1.29, 1.82) is 0 Å². The van der Waals surface area contributed by atoms with Gasteiger partial charge in [-0.15, -0.1) is 0 Å². The summed E-state index contributed by atoms with van der Waals surface area (Å²) in [5, 5.41) is 11.0. The van der Waals surface area contributed by atoms with E-state index in [1.54, 1.807) is 12.1 Å². The van der Waals surface area contributed by atoms with Gasteiger partial charge in [0.25, 0.3) is 0 Å². The van der Waals surface area contributed by atoms with Crippen molar-refractivity contribution in [3.05, 3.63) is 71.5 Å². The Morgan fingerprint density at radius 3 is 2.14 bits per heavy atom. The Bertz CT molecular complexity index is 733. The molecule has 0 radical (unpaired) electrons. The van der Waals surface area contributed by atoms with Crippen molar-refractivity contribution >= 4 is 0 Å². The first kappa shape index (κ1) is 19.6. The number of halogens is 1. The molecular weight excluding hydrogens is 351 g/mol. The number of benzene rings is 2. The molecule has 4 rings (SSSR count). The fourth-order valence-corrected chi connectivity index (χ4v) is 4.69. The second kappa shape index (κ2) is 8.73. The average Bonchev–Trinajstić information content (AvgIpc) is 2.72. The predicted octanol–water partition coefficient (Wildman–Crippen LogP) is 4.02. The summed E-state index contributed by atoms with van der Waals surface area (Å²) in [7, 11) is 0. The molecule has 2 fully saturated rings. The lowest BCUT2D eigenvalue weighted by Crippen LogP contribution is -2.45. The number of hydrogen-bond donors (Lipinski definition) is 1. The molecule has 0 unspecified atom stereocenters. The third-order valence-electron chi connectivity index (χ3n) is 6.54. The van der Waals surface area contributed by atoms with E-state index in [1.165, 1.54) is 43.6 Å². The molecule has 0 bridgehead atoms. The van der Waals surface area contributed by atoms with Gasteiger partial charge in [-0.1, -0.05) is 42.5 Å². The zero-order chi connectivity index (χ0) is 19.4. The quantitative estimate of drug-likeness (QED) is 0.846. The molecule has 0 amide bonds. The van der Waals surface area contributed by atoms with E-state index in [4.69, 9.17) is 0 Å². The van der Waals surface area contributed by atoms with Crippen LogP contribution in [-0.2, 0) is 12.1 Å². The highest BCUT2D eigenvalue weighted by Crippen LogP contribution is 2.33. The third kappa shape index (κ3) is 4.80. The maximum Gasteiger partial charge on any atom is 0.123 e. The van der Waals surface area contributed by atoms with Gasteiger partial charge in [0, 0.05) is 26.2 Å². The Morgan fingerprint density at radius 2 is 1.50 bits per heavy atom. The van der Waals surface area contributed by atoms with E-state index in [-0.39, 0.29) is 5.82 Å². The highest BCUT2D eigenvalue weighted by Gasteiger charge is 2.34. The van der Waals surface area contributed by atoms with Gasteiger partial charge >= 0.3 is 0 Å². The van der Waals surface area contributed by atoms with E-state index in [0.29, 0.717) is 0 Å². The summed E-state index contributed by atoms with van der Waals surface area (Å²) in [6.07, 6.45) is 3.97. The normalized spacial score (nSPS) is 21.6.